The molecule has 189 valence electrons. The maximum atomic E-state index is 11.4. The summed E-state index contributed by atoms with van der Waals surface area (Å²) in [5, 5.41) is 23.8. The predicted octanol–water partition coefficient (Wildman–Crippen LogP) is 5.90. The summed E-state index contributed by atoms with van der Waals surface area (Å²) in [6.45, 7) is 13.4. The van der Waals surface area contributed by atoms with Gasteiger partial charge in [-0.05, 0) is 32.9 Å². The number of halogens is 1. The molecule has 0 saturated heterocycles. The molecule has 2 N–H and O–H groups in total. The molecule has 0 aliphatic carbocycles. The van der Waals surface area contributed by atoms with Crippen LogP contribution in [-0.2, 0) is 22.1 Å². The fourth-order valence-electron chi connectivity index (χ4n) is 2.28. The average Bonchev–Trinajstić information content (AvgIpc) is 2.70. The minimum atomic E-state index is -0.595. The molecule has 1 aromatic carbocycles. The fraction of sp³-hybridized carbons (Fsp3) is 0.348. The van der Waals surface area contributed by atoms with Crippen LogP contribution in [0.15, 0.2) is 36.5 Å². The Labute approximate surface area is 206 Å². The van der Waals surface area contributed by atoms with Crippen LogP contribution in [0.1, 0.15) is 39.8 Å². The summed E-state index contributed by atoms with van der Waals surface area (Å²) in [5.74, 6) is -0.394. The second kappa shape index (κ2) is 15.5. The minimum absolute atomic E-state index is 0. The number of nitrogens with zero attached hydrogens (tertiary/aromatic N) is 3. The van der Waals surface area contributed by atoms with Crippen LogP contribution in [0.25, 0.3) is 5.32 Å². The Kier molecular flexibility index (Phi) is 15.0. The average molecular weight is 752 g/mol. The molecule has 0 bridgehead atoms. The summed E-state index contributed by atoms with van der Waals surface area (Å²) in [7, 11) is 0. The van der Waals surface area contributed by atoms with Crippen LogP contribution in [-0.4, -0.2) is 40.0 Å². The standard InChI is InChI=1S/C16H24N2O4.C7H7ClN.Cr.Es/c1-5-18(12-8-6-9-13(19)14(12)20)11-7-10-17-15(21)22-16(2,3)4;1-2-7-4-3-6(8)5-9-7;;/h6,8-9,11H,1,5,7,10H2,2-4H3,(H3,17,19,20,21);2-5H,1H3;;/q-2;-1;;/p-1. The van der Waals surface area contributed by atoms with Crippen molar-refractivity contribution in [3.8, 4) is 11.5 Å². The maximum absolute atomic E-state index is 11.4. The third-order valence-corrected chi connectivity index (χ3v) is 3.93. The number of hydrogen-bond donors (Lipinski definition) is 2. The molecule has 0 fully saturated rings. The SMILES string of the molecule is C[CH-]c1ccc(Cl)cn1.[CH2-]CN([CH-]CC[N-]C(=O)OC(C)(C)C)c1cccc(O)c1O.[Cr].[Es]. The molecule has 1 radical (unpaired) electrons. The summed E-state index contributed by atoms with van der Waals surface area (Å²) >= 11 is 5.59. The van der Waals surface area contributed by atoms with Crippen LogP contribution in [0.5, 0.6) is 11.5 Å². The van der Waals surface area contributed by atoms with Crippen LogP contribution in [0, 0.1) is 19.9 Å². The Bertz CT molecular complexity index is 820. The molecule has 7 nitrogen and oxygen atoms in total. The van der Waals surface area contributed by atoms with Crippen molar-refractivity contribution in [3.05, 3.63) is 72.5 Å². The number of phenols is 2. The molecular formula is C23H30ClCrEsN3O4-4. The Morgan fingerprint density at radius 2 is 1.94 bits per heavy atom. The number of carbonyl (C=O) groups is 1. The number of amides is 1. The quantitative estimate of drug-likeness (QED) is 0.208. The maximum Gasteiger partial charge on any atom is 0.229 e. The smallest absolute Gasteiger partial charge is 0.229 e. The Morgan fingerprint density at radius 3 is 2.45 bits per heavy atom. The van der Waals surface area contributed by atoms with Gasteiger partial charge in [0, 0.05) is 28.6 Å². The zero-order valence-electron chi connectivity index (χ0n) is 19.1. The summed E-state index contributed by atoms with van der Waals surface area (Å²) in [6.07, 6.45) is 3.44. The number of aromatic hydroxyl groups is 2. The van der Waals surface area contributed by atoms with E-state index in [0.717, 1.165) is 5.69 Å². The molecule has 0 saturated carbocycles. The van der Waals surface area contributed by atoms with Crippen molar-refractivity contribution in [3.63, 3.8) is 0 Å². The van der Waals surface area contributed by atoms with Gasteiger partial charge in [0.05, 0.1) is 5.69 Å². The monoisotopic (exact) mass is 751 g/mol. The molecule has 1 heterocycles. The first-order valence-electron chi connectivity index (χ1n) is 9.79. The second-order valence-electron chi connectivity index (χ2n) is 7.36. The van der Waals surface area contributed by atoms with Gasteiger partial charge in [-0.25, -0.2) is 13.0 Å². The molecule has 2 aromatic rings. The zero-order valence-corrected chi connectivity index (χ0v) is 23.6. The van der Waals surface area contributed by atoms with Gasteiger partial charge in [0.2, 0.25) is 6.09 Å². The number of aromatic nitrogens is 1. The molecule has 33 heavy (non-hydrogen) atoms. The molecule has 10 heteroatoms. The van der Waals surface area contributed by atoms with Crippen molar-refractivity contribution in [1.29, 1.82) is 0 Å². The van der Waals surface area contributed by atoms with E-state index < -0.39 is 11.7 Å². The van der Waals surface area contributed by atoms with Crippen LogP contribution < -0.4 is 4.90 Å². The van der Waals surface area contributed by atoms with E-state index in [1.165, 1.54) is 6.07 Å². The number of benzene rings is 1. The molecule has 0 unspecified atom stereocenters. The van der Waals surface area contributed by atoms with E-state index in [9.17, 15) is 15.0 Å². The second-order valence-corrected chi connectivity index (χ2v) is 7.80. The number of pyridine rings is 1. The van der Waals surface area contributed by atoms with Gasteiger partial charge in [-0.15, -0.1) is 19.5 Å². The minimum Gasteiger partial charge on any atom is -0.619 e. The normalized spacial score (nSPS) is 9.88. The van der Waals surface area contributed by atoms with Gasteiger partial charge in [0.25, 0.3) is 0 Å². The number of ether oxygens (including phenoxy) is 1. The molecule has 0 spiro atoms. The van der Waals surface area contributed by atoms with E-state index in [4.69, 9.17) is 16.3 Å². The van der Waals surface area contributed by atoms with Crippen LogP contribution in [0.2, 0.25) is 5.02 Å². The fourth-order valence-corrected chi connectivity index (χ4v) is 2.39. The number of carbonyl (C=O) groups excluding carboxylic acids is 1. The molecule has 0 aliphatic heterocycles. The molecule has 0 atom stereocenters. The van der Waals surface area contributed by atoms with Gasteiger partial charge in [-0.1, -0.05) is 23.4 Å². The largest absolute Gasteiger partial charge is 0.619 e. The van der Waals surface area contributed by atoms with Gasteiger partial charge in [-0.3, -0.25) is 9.78 Å². The molecular weight excluding hydrogens is 722 g/mol. The first-order chi connectivity index (χ1) is 14.6. The van der Waals surface area contributed by atoms with E-state index in [1.54, 1.807) is 50.5 Å². The van der Waals surface area contributed by atoms with Gasteiger partial charge < -0.3 is 32.1 Å². The Hall–Kier alpha value is -3.27. The van der Waals surface area contributed by atoms with Crippen LogP contribution >= 0.6 is 11.6 Å². The Morgan fingerprint density at radius 1 is 1.27 bits per heavy atom. The third kappa shape index (κ3) is 12.4. The Balaban J connectivity index is 0. The van der Waals surface area contributed by atoms with Gasteiger partial charge in [0.15, 0.2) is 11.5 Å². The van der Waals surface area contributed by atoms with Gasteiger partial charge in [-0.2, -0.15) is 19.0 Å². The van der Waals surface area contributed by atoms with Crippen molar-refractivity contribution in [1.82, 2.24) is 4.98 Å². The van der Waals surface area contributed by atoms with Crippen molar-refractivity contribution in [2.45, 2.75) is 39.7 Å². The third-order valence-electron chi connectivity index (χ3n) is 3.70. The van der Waals surface area contributed by atoms with Crippen LogP contribution in [0.3, 0.4) is 0 Å². The van der Waals surface area contributed by atoms with Gasteiger partial charge in [0.1, 0.15) is 5.60 Å². The number of rotatable bonds is 7. The predicted molar refractivity (Wildman–Crippen MR) is 124 cm³/mol. The summed E-state index contributed by atoms with van der Waals surface area (Å²) in [6, 6.07) is 8.40. The summed E-state index contributed by atoms with van der Waals surface area (Å²) in [4.78, 5) is 17.1. The van der Waals surface area contributed by atoms with Crippen molar-refractivity contribution >= 4 is 23.4 Å². The van der Waals surface area contributed by atoms with E-state index in [0.29, 0.717) is 23.7 Å². The first kappa shape index (κ1) is 31.9. The molecule has 2 rings (SSSR count). The van der Waals surface area contributed by atoms with E-state index in [-0.39, 0.29) is 35.4 Å². The van der Waals surface area contributed by atoms with Crippen molar-refractivity contribution in [2.75, 3.05) is 18.0 Å². The van der Waals surface area contributed by atoms with E-state index in [2.05, 4.69) is 17.2 Å². The number of hydrogen-bond acceptors (Lipinski definition) is 6. The number of phenolic OH excluding ortho intramolecular Hbond substituents is 2. The van der Waals surface area contributed by atoms with E-state index in [1.807, 2.05) is 25.5 Å². The topological polar surface area (TPSA) is 97.0 Å². The van der Waals surface area contributed by atoms with E-state index >= 15 is 0 Å². The number of anilines is 1. The molecule has 0 aliphatic rings. The number of para-hydroxylation sites is 1. The summed E-state index contributed by atoms with van der Waals surface area (Å²) in [5.41, 5.74) is 0.850. The van der Waals surface area contributed by atoms with Crippen molar-refractivity contribution < 1.29 is 37.1 Å². The van der Waals surface area contributed by atoms with Crippen molar-refractivity contribution in [2.24, 2.45) is 0 Å². The summed E-state index contributed by atoms with van der Waals surface area (Å²) < 4.78 is 5.07. The zero-order chi connectivity index (χ0) is 23.4. The first-order valence-corrected chi connectivity index (χ1v) is 10.2. The van der Waals surface area contributed by atoms with Crippen LogP contribution in [0.4, 0.5) is 10.5 Å². The molecule has 1 aromatic heterocycles. The van der Waals surface area contributed by atoms with Gasteiger partial charge >= 0.3 is 0 Å². The molecule has 1 amide bonds.